The topological polar surface area (TPSA) is 38.7 Å². The zero-order valence-corrected chi connectivity index (χ0v) is 13.2. The van der Waals surface area contributed by atoms with Crippen LogP contribution in [-0.2, 0) is 9.53 Å². The SMILES string of the molecule is CC(C)c1ccc(/C=C2/N=C(c3ccc(F)c(F)c3)OC2=O)cc1. The van der Waals surface area contributed by atoms with Crippen molar-refractivity contribution in [3.63, 3.8) is 0 Å². The van der Waals surface area contributed by atoms with Gasteiger partial charge in [0.2, 0.25) is 5.90 Å². The van der Waals surface area contributed by atoms with Crippen molar-refractivity contribution in [2.75, 3.05) is 0 Å². The zero-order valence-electron chi connectivity index (χ0n) is 13.2. The maximum Gasteiger partial charge on any atom is 0.363 e. The quantitative estimate of drug-likeness (QED) is 0.618. The van der Waals surface area contributed by atoms with E-state index in [9.17, 15) is 13.6 Å². The fourth-order valence-corrected chi connectivity index (χ4v) is 2.30. The van der Waals surface area contributed by atoms with Crippen LogP contribution in [0.4, 0.5) is 8.78 Å². The molecule has 3 nitrogen and oxygen atoms in total. The smallest absolute Gasteiger partial charge is 0.363 e. The molecule has 5 heteroatoms. The van der Waals surface area contributed by atoms with Gasteiger partial charge in [0, 0.05) is 5.56 Å². The molecular weight excluding hydrogens is 312 g/mol. The highest BCUT2D eigenvalue weighted by atomic mass is 19.2. The molecule has 0 aromatic heterocycles. The number of carbonyl (C=O) groups is 1. The van der Waals surface area contributed by atoms with Crippen LogP contribution in [0.2, 0.25) is 0 Å². The Bertz CT molecular complexity index is 852. The van der Waals surface area contributed by atoms with Crippen LogP contribution < -0.4 is 0 Å². The largest absolute Gasteiger partial charge is 0.402 e. The monoisotopic (exact) mass is 327 g/mol. The van der Waals surface area contributed by atoms with Crippen LogP contribution >= 0.6 is 0 Å². The van der Waals surface area contributed by atoms with Crippen LogP contribution in [0.25, 0.3) is 6.08 Å². The van der Waals surface area contributed by atoms with E-state index < -0.39 is 17.6 Å². The lowest BCUT2D eigenvalue weighted by Crippen LogP contribution is -2.06. The van der Waals surface area contributed by atoms with E-state index in [0.29, 0.717) is 5.92 Å². The summed E-state index contributed by atoms with van der Waals surface area (Å²) in [6.07, 6.45) is 1.60. The van der Waals surface area contributed by atoms with E-state index in [-0.39, 0.29) is 17.2 Å². The van der Waals surface area contributed by atoms with Crippen molar-refractivity contribution in [1.29, 1.82) is 0 Å². The van der Waals surface area contributed by atoms with Gasteiger partial charge in [-0.25, -0.2) is 18.6 Å². The van der Waals surface area contributed by atoms with Gasteiger partial charge < -0.3 is 4.74 Å². The highest BCUT2D eigenvalue weighted by molar-refractivity contribution is 6.12. The molecule has 1 aliphatic rings. The third kappa shape index (κ3) is 3.25. The average molecular weight is 327 g/mol. The van der Waals surface area contributed by atoms with Crippen molar-refractivity contribution in [1.82, 2.24) is 0 Å². The third-order valence-corrected chi connectivity index (χ3v) is 3.69. The molecule has 1 heterocycles. The Morgan fingerprint density at radius 1 is 1.04 bits per heavy atom. The fraction of sp³-hybridized carbons (Fsp3) is 0.158. The van der Waals surface area contributed by atoms with Crippen LogP contribution in [0.5, 0.6) is 0 Å². The Kier molecular flexibility index (Phi) is 4.25. The fourth-order valence-electron chi connectivity index (χ4n) is 2.30. The molecular formula is C19H15F2NO2. The molecule has 0 saturated heterocycles. The molecule has 0 spiro atoms. The van der Waals surface area contributed by atoms with E-state index in [4.69, 9.17) is 4.74 Å². The summed E-state index contributed by atoms with van der Waals surface area (Å²) in [4.78, 5) is 16.0. The Labute approximate surface area is 138 Å². The lowest BCUT2D eigenvalue weighted by atomic mass is 10.0. The number of nitrogens with zero attached hydrogens (tertiary/aromatic N) is 1. The molecule has 0 bridgehead atoms. The lowest BCUT2D eigenvalue weighted by molar-refractivity contribution is -0.129. The maximum absolute atomic E-state index is 13.3. The number of aliphatic imine (C=N–C) groups is 1. The second-order valence-corrected chi connectivity index (χ2v) is 5.79. The third-order valence-electron chi connectivity index (χ3n) is 3.69. The molecule has 0 fully saturated rings. The number of rotatable bonds is 3. The molecule has 0 atom stereocenters. The standard InChI is InChI=1S/C19H15F2NO2/c1-11(2)13-5-3-12(4-6-13)9-17-19(23)24-18(22-17)14-7-8-15(20)16(21)10-14/h3-11H,1-2H3/b17-9+. The molecule has 2 aromatic carbocycles. The van der Waals surface area contributed by atoms with Gasteiger partial charge in [0.25, 0.3) is 0 Å². The summed E-state index contributed by atoms with van der Waals surface area (Å²) in [5.41, 5.74) is 2.33. The highest BCUT2D eigenvalue weighted by Crippen LogP contribution is 2.21. The van der Waals surface area contributed by atoms with Crippen molar-refractivity contribution in [2.24, 2.45) is 4.99 Å². The van der Waals surface area contributed by atoms with E-state index in [1.807, 2.05) is 24.3 Å². The number of hydrogen-bond acceptors (Lipinski definition) is 3. The highest BCUT2D eigenvalue weighted by Gasteiger charge is 2.24. The minimum absolute atomic E-state index is 0.0380. The molecule has 122 valence electrons. The van der Waals surface area contributed by atoms with Crippen LogP contribution in [-0.4, -0.2) is 11.9 Å². The van der Waals surface area contributed by atoms with Gasteiger partial charge >= 0.3 is 5.97 Å². The zero-order chi connectivity index (χ0) is 17.3. The normalized spacial score (nSPS) is 15.8. The van der Waals surface area contributed by atoms with Crippen LogP contribution in [0.3, 0.4) is 0 Å². The molecule has 24 heavy (non-hydrogen) atoms. The van der Waals surface area contributed by atoms with Gasteiger partial charge in [-0.2, -0.15) is 0 Å². The molecule has 2 aromatic rings. The van der Waals surface area contributed by atoms with Gasteiger partial charge in [0.15, 0.2) is 17.3 Å². The second-order valence-electron chi connectivity index (χ2n) is 5.79. The van der Waals surface area contributed by atoms with Crippen molar-refractivity contribution in [3.05, 3.63) is 76.5 Å². The van der Waals surface area contributed by atoms with Gasteiger partial charge in [0.05, 0.1) is 0 Å². The second kappa shape index (κ2) is 6.35. The molecule has 0 N–H and O–H groups in total. The van der Waals surface area contributed by atoms with Gasteiger partial charge in [-0.15, -0.1) is 0 Å². The molecule has 0 saturated carbocycles. The molecule has 0 aliphatic carbocycles. The Balaban J connectivity index is 1.89. The Morgan fingerprint density at radius 3 is 2.38 bits per heavy atom. The molecule has 3 rings (SSSR count). The van der Waals surface area contributed by atoms with Crippen LogP contribution in [0, 0.1) is 11.6 Å². The number of halogens is 2. The van der Waals surface area contributed by atoms with Crippen molar-refractivity contribution >= 4 is 17.9 Å². The average Bonchev–Trinajstić information content (AvgIpc) is 2.91. The van der Waals surface area contributed by atoms with E-state index >= 15 is 0 Å². The Morgan fingerprint density at radius 2 is 1.75 bits per heavy atom. The summed E-state index contributed by atoms with van der Waals surface area (Å²) in [6.45, 7) is 4.19. The van der Waals surface area contributed by atoms with Crippen molar-refractivity contribution in [3.8, 4) is 0 Å². The molecule has 1 aliphatic heterocycles. The summed E-state index contributed by atoms with van der Waals surface area (Å²) in [6, 6.07) is 11.0. The maximum atomic E-state index is 13.3. The first-order chi connectivity index (χ1) is 11.4. The first-order valence-corrected chi connectivity index (χ1v) is 7.52. The van der Waals surface area contributed by atoms with Crippen LogP contribution in [0.15, 0.2) is 53.2 Å². The number of esters is 1. The molecule has 0 unspecified atom stereocenters. The number of ether oxygens (including phenoxy) is 1. The van der Waals surface area contributed by atoms with E-state index in [0.717, 1.165) is 17.7 Å². The van der Waals surface area contributed by atoms with E-state index in [1.54, 1.807) is 6.08 Å². The number of hydrogen-bond donors (Lipinski definition) is 0. The summed E-state index contributed by atoms with van der Waals surface area (Å²) >= 11 is 0. The number of cyclic esters (lactones) is 1. The van der Waals surface area contributed by atoms with Gasteiger partial charge in [-0.05, 0) is 41.3 Å². The number of carbonyl (C=O) groups excluding carboxylic acids is 1. The molecule has 0 radical (unpaired) electrons. The van der Waals surface area contributed by atoms with Crippen molar-refractivity contribution < 1.29 is 18.3 Å². The minimum atomic E-state index is -1.02. The van der Waals surface area contributed by atoms with Crippen LogP contribution in [0.1, 0.15) is 36.5 Å². The van der Waals surface area contributed by atoms with E-state index in [2.05, 4.69) is 18.8 Å². The predicted octanol–water partition coefficient (Wildman–Crippen LogP) is 4.43. The van der Waals surface area contributed by atoms with E-state index in [1.165, 1.54) is 11.6 Å². The number of benzene rings is 2. The summed E-state index contributed by atoms with van der Waals surface area (Å²) < 4.78 is 31.3. The lowest BCUT2D eigenvalue weighted by Gasteiger charge is -2.04. The Hall–Kier alpha value is -2.82. The van der Waals surface area contributed by atoms with Gasteiger partial charge in [-0.3, -0.25) is 0 Å². The summed E-state index contributed by atoms with van der Waals surface area (Å²) in [5.74, 6) is -2.23. The summed E-state index contributed by atoms with van der Waals surface area (Å²) in [5, 5.41) is 0. The predicted molar refractivity (Wildman–Crippen MR) is 87.5 cm³/mol. The molecule has 0 amide bonds. The van der Waals surface area contributed by atoms with Gasteiger partial charge in [0.1, 0.15) is 0 Å². The summed E-state index contributed by atoms with van der Waals surface area (Å²) in [7, 11) is 0. The van der Waals surface area contributed by atoms with Gasteiger partial charge in [-0.1, -0.05) is 38.1 Å². The minimum Gasteiger partial charge on any atom is -0.402 e. The van der Waals surface area contributed by atoms with Crippen molar-refractivity contribution in [2.45, 2.75) is 19.8 Å². The first kappa shape index (κ1) is 16.1. The first-order valence-electron chi connectivity index (χ1n) is 7.52.